The number of benzene rings is 1. The number of hydrogen-bond donors (Lipinski definition) is 1. The molecule has 19 heavy (non-hydrogen) atoms. The van der Waals surface area contributed by atoms with Crippen LogP contribution in [0.2, 0.25) is 0 Å². The molecular weight excluding hydrogens is 236 g/mol. The van der Waals surface area contributed by atoms with E-state index in [4.69, 9.17) is 0 Å². The molecule has 1 aliphatic carbocycles. The molecule has 1 aromatic carbocycles. The van der Waals surface area contributed by atoms with Crippen LogP contribution in [0, 0.1) is 18.8 Å². The lowest BCUT2D eigenvalue weighted by molar-refractivity contribution is 0.0788. The number of aryl methyl sites for hydroxylation is 1. The largest absolute Gasteiger partial charge is 0.385 e. The number of carbonyl (C=O) groups is 1. The predicted octanol–water partition coefficient (Wildman–Crippen LogP) is 3.15. The van der Waals surface area contributed by atoms with E-state index in [-0.39, 0.29) is 5.91 Å². The highest BCUT2D eigenvalue weighted by molar-refractivity contribution is 5.99. The van der Waals surface area contributed by atoms with Crippen LogP contribution in [0.5, 0.6) is 0 Å². The highest BCUT2D eigenvalue weighted by Crippen LogP contribution is 2.38. The molecule has 2 unspecified atom stereocenters. The van der Waals surface area contributed by atoms with Crippen molar-refractivity contribution in [1.29, 1.82) is 0 Å². The van der Waals surface area contributed by atoms with Gasteiger partial charge in [0.25, 0.3) is 5.91 Å². The van der Waals surface area contributed by atoms with E-state index in [1.807, 2.05) is 44.0 Å². The van der Waals surface area contributed by atoms with Gasteiger partial charge in [-0.3, -0.25) is 4.79 Å². The van der Waals surface area contributed by atoms with Crippen molar-refractivity contribution in [3.8, 4) is 0 Å². The fourth-order valence-corrected chi connectivity index (χ4v) is 2.48. The lowest BCUT2D eigenvalue weighted by Crippen LogP contribution is -2.29. The van der Waals surface area contributed by atoms with E-state index in [9.17, 15) is 4.79 Å². The van der Waals surface area contributed by atoms with Gasteiger partial charge in [-0.15, -0.1) is 0 Å². The normalized spacial score (nSPS) is 21.1. The molecule has 0 radical (unpaired) electrons. The van der Waals surface area contributed by atoms with Gasteiger partial charge in [-0.2, -0.15) is 0 Å². The Kier molecular flexibility index (Phi) is 4.13. The third kappa shape index (κ3) is 3.28. The van der Waals surface area contributed by atoms with E-state index in [1.165, 1.54) is 12.0 Å². The van der Waals surface area contributed by atoms with E-state index >= 15 is 0 Å². The molecule has 2 atom stereocenters. The van der Waals surface area contributed by atoms with Crippen LogP contribution >= 0.6 is 0 Å². The molecule has 1 amide bonds. The highest BCUT2D eigenvalue weighted by atomic mass is 16.2. The summed E-state index contributed by atoms with van der Waals surface area (Å²) in [4.78, 5) is 14.4. The van der Waals surface area contributed by atoms with E-state index in [1.54, 1.807) is 0 Å². The average molecular weight is 260 g/mol. The molecule has 1 aromatic rings. The second-order valence-electron chi connectivity index (χ2n) is 5.74. The van der Waals surface area contributed by atoms with Gasteiger partial charge in [0, 0.05) is 25.8 Å². The molecule has 1 N–H and O–H groups in total. The maximum atomic E-state index is 12.5. The molecule has 3 nitrogen and oxygen atoms in total. The zero-order valence-corrected chi connectivity index (χ0v) is 12.4. The van der Waals surface area contributed by atoms with Gasteiger partial charge in [-0.05, 0) is 49.8 Å². The van der Waals surface area contributed by atoms with Gasteiger partial charge in [-0.1, -0.05) is 13.0 Å². The van der Waals surface area contributed by atoms with Gasteiger partial charge in [-0.25, -0.2) is 0 Å². The summed E-state index contributed by atoms with van der Waals surface area (Å²) in [6.07, 6.45) is 1.26. The molecule has 0 aliphatic heterocycles. The monoisotopic (exact) mass is 260 g/mol. The number of nitrogens with zero attached hydrogens (tertiary/aromatic N) is 1. The molecule has 3 heteroatoms. The standard InChI is InChI=1S/C16H24N2O/c1-5-17-15-8-11(2)6-7-14(15)16(19)18(4)10-13-9-12(13)3/h6-8,12-13,17H,5,9-10H2,1-4H3. The van der Waals surface area contributed by atoms with Crippen molar-refractivity contribution in [2.24, 2.45) is 11.8 Å². The third-order valence-electron chi connectivity index (χ3n) is 3.90. The Bertz CT molecular complexity index is 470. The fourth-order valence-electron chi connectivity index (χ4n) is 2.48. The Morgan fingerprint density at radius 3 is 2.74 bits per heavy atom. The minimum absolute atomic E-state index is 0.120. The van der Waals surface area contributed by atoms with Gasteiger partial charge in [0.2, 0.25) is 0 Å². The average Bonchev–Trinajstić information content (AvgIpc) is 3.04. The molecule has 2 rings (SSSR count). The molecular formula is C16H24N2O. The summed E-state index contributed by atoms with van der Waals surface area (Å²) in [6, 6.07) is 5.98. The maximum Gasteiger partial charge on any atom is 0.255 e. The van der Waals surface area contributed by atoms with Crippen molar-refractivity contribution < 1.29 is 4.79 Å². The van der Waals surface area contributed by atoms with Crippen molar-refractivity contribution in [3.63, 3.8) is 0 Å². The minimum atomic E-state index is 0.120. The first-order valence-electron chi connectivity index (χ1n) is 7.13. The fraction of sp³-hybridized carbons (Fsp3) is 0.562. The molecule has 0 spiro atoms. The molecule has 0 heterocycles. The van der Waals surface area contributed by atoms with Crippen LogP contribution in [-0.4, -0.2) is 30.9 Å². The van der Waals surface area contributed by atoms with Crippen molar-refractivity contribution in [3.05, 3.63) is 29.3 Å². The Labute approximate surface area is 116 Å². The van der Waals surface area contributed by atoms with Gasteiger partial charge in [0.05, 0.1) is 5.56 Å². The Balaban J connectivity index is 2.12. The zero-order valence-electron chi connectivity index (χ0n) is 12.4. The molecule has 104 valence electrons. The Morgan fingerprint density at radius 2 is 2.16 bits per heavy atom. The molecule has 1 aliphatic rings. The van der Waals surface area contributed by atoms with Crippen LogP contribution in [-0.2, 0) is 0 Å². The maximum absolute atomic E-state index is 12.5. The Hall–Kier alpha value is -1.51. The second kappa shape index (κ2) is 5.64. The predicted molar refractivity (Wildman–Crippen MR) is 79.6 cm³/mol. The van der Waals surface area contributed by atoms with Crippen molar-refractivity contribution in [2.45, 2.75) is 27.2 Å². The quantitative estimate of drug-likeness (QED) is 0.882. The smallest absolute Gasteiger partial charge is 0.255 e. The van der Waals surface area contributed by atoms with Gasteiger partial charge < -0.3 is 10.2 Å². The third-order valence-corrected chi connectivity index (χ3v) is 3.90. The summed E-state index contributed by atoms with van der Waals surface area (Å²) in [6.45, 7) is 8.04. The van der Waals surface area contributed by atoms with Crippen LogP contribution in [0.4, 0.5) is 5.69 Å². The number of nitrogens with one attached hydrogen (secondary N) is 1. The van der Waals surface area contributed by atoms with E-state index in [0.29, 0.717) is 5.92 Å². The first-order valence-corrected chi connectivity index (χ1v) is 7.13. The lowest BCUT2D eigenvalue weighted by Gasteiger charge is -2.19. The summed E-state index contributed by atoms with van der Waals surface area (Å²) in [7, 11) is 1.91. The molecule has 1 fully saturated rings. The molecule has 1 saturated carbocycles. The van der Waals surface area contributed by atoms with Crippen LogP contribution in [0.25, 0.3) is 0 Å². The Morgan fingerprint density at radius 1 is 1.47 bits per heavy atom. The summed E-state index contributed by atoms with van der Waals surface area (Å²) in [5.41, 5.74) is 2.90. The summed E-state index contributed by atoms with van der Waals surface area (Å²) in [5, 5.41) is 3.28. The highest BCUT2D eigenvalue weighted by Gasteiger charge is 2.34. The van der Waals surface area contributed by atoms with Crippen LogP contribution in [0.3, 0.4) is 0 Å². The summed E-state index contributed by atoms with van der Waals surface area (Å²) < 4.78 is 0. The van der Waals surface area contributed by atoms with Crippen LogP contribution in [0.1, 0.15) is 36.2 Å². The summed E-state index contributed by atoms with van der Waals surface area (Å²) >= 11 is 0. The van der Waals surface area contributed by atoms with Crippen LogP contribution < -0.4 is 5.32 Å². The zero-order chi connectivity index (χ0) is 14.0. The van der Waals surface area contributed by atoms with Crippen molar-refractivity contribution >= 4 is 11.6 Å². The van der Waals surface area contributed by atoms with E-state index in [0.717, 1.165) is 30.3 Å². The SMILES string of the molecule is CCNc1cc(C)ccc1C(=O)N(C)CC1CC1C. The number of carbonyl (C=O) groups excluding carboxylic acids is 1. The van der Waals surface area contributed by atoms with Gasteiger partial charge in [0.1, 0.15) is 0 Å². The topological polar surface area (TPSA) is 32.3 Å². The van der Waals surface area contributed by atoms with Gasteiger partial charge >= 0.3 is 0 Å². The van der Waals surface area contributed by atoms with E-state index < -0.39 is 0 Å². The second-order valence-corrected chi connectivity index (χ2v) is 5.74. The first-order chi connectivity index (χ1) is 9.02. The van der Waals surface area contributed by atoms with Crippen molar-refractivity contribution in [1.82, 2.24) is 4.90 Å². The molecule has 0 aromatic heterocycles. The van der Waals surface area contributed by atoms with Crippen LogP contribution in [0.15, 0.2) is 18.2 Å². The van der Waals surface area contributed by atoms with E-state index in [2.05, 4.69) is 12.2 Å². The minimum Gasteiger partial charge on any atom is -0.385 e. The first kappa shape index (κ1) is 13.9. The van der Waals surface area contributed by atoms with Crippen molar-refractivity contribution in [2.75, 3.05) is 25.5 Å². The van der Waals surface area contributed by atoms with Gasteiger partial charge in [0.15, 0.2) is 0 Å². The molecule has 0 saturated heterocycles. The number of hydrogen-bond acceptors (Lipinski definition) is 2. The number of rotatable bonds is 5. The molecule has 0 bridgehead atoms. The lowest BCUT2D eigenvalue weighted by atomic mass is 10.1. The number of anilines is 1. The summed E-state index contributed by atoms with van der Waals surface area (Å²) in [5.74, 6) is 1.60. The number of amides is 1.